The van der Waals surface area contributed by atoms with Crippen molar-refractivity contribution in [3.05, 3.63) is 69.4 Å². The first-order chi connectivity index (χ1) is 9.06. The van der Waals surface area contributed by atoms with Gasteiger partial charge in [0.2, 0.25) is 0 Å². The van der Waals surface area contributed by atoms with E-state index in [2.05, 4.69) is 47.1 Å². The molecule has 0 saturated heterocycles. The molecule has 2 N–H and O–H groups in total. The molecule has 0 amide bonds. The highest BCUT2D eigenvalue weighted by atomic mass is 79.9. The predicted octanol–water partition coefficient (Wildman–Crippen LogP) is 4.01. The van der Waals surface area contributed by atoms with Crippen LogP contribution in [0.3, 0.4) is 0 Å². The van der Waals surface area contributed by atoms with E-state index in [1.54, 1.807) is 6.07 Å². The van der Waals surface area contributed by atoms with Gasteiger partial charge < -0.3 is 5.73 Å². The quantitative estimate of drug-likeness (QED) is 0.904. The van der Waals surface area contributed by atoms with Crippen molar-refractivity contribution in [1.29, 1.82) is 0 Å². The number of hydrogen-bond donors (Lipinski definition) is 1. The molecule has 0 bridgehead atoms. The highest BCUT2D eigenvalue weighted by Crippen LogP contribution is 2.22. The standard InChI is InChI=1S/C16H17BrFN/c1-11-5-7-12(8-6-11)9-14(19)10-13-3-2-4-15(18)16(13)17/h2-8,14H,9-10,19H2,1H3. The van der Waals surface area contributed by atoms with Crippen LogP contribution in [0.25, 0.3) is 0 Å². The van der Waals surface area contributed by atoms with Gasteiger partial charge in [-0.3, -0.25) is 0 Å². The van der Waals surface area contributed by atoms with Crippen molar-refractivity contribution in [3.8, 4) is 0 Å². The summed E-state index contributed by atoms with van der Waals surface area (Å²) < 4.78 is 13.9. The molecule has 0 aliphatic heterocycles. The maximum atomic E-state index is 13.4. The molecule has 19 heavy (non-hydrogen) atoms. The Bertz CT molecular complexity index is 551. The van der Waals surface area contributed by atoms with Crippen LogP contribution >= 0.6 is 15.9 Å². The van der Waals surface area contributed by atoms with Crippen LogP contribution in [0.1, 0.15) is 16.7 Å². The summed E-state index contributed by atoms with van der Waals surface area (Å²) in [6.07, 6.45) is 1.45. The monoisotopic (exact) mass is 321 g/mol. The Balaban J connectivity index is 2.03. The Morgan fingerprint density at radius 1 is 1.11 bits per heavy atom. The zero-order valence-corrected chi connectivity index (χ0v) is 12.5. The maximum Gasteiger partial charge on any atom is 0.137 e. The molecule has 0 aliphatic carbocycles. The molecule has 1 atom stereocenters. The lowest BCUT2D eigenvalue weighted by atomic mass is 9.99. The SMILES string of the molecule is Cc1ccc(CC(N)Cc2cccc(F)c2Br)cc1. The van der Waals surface area contributed by atoms with E-state index in [0.29, 0.717) is 10.9 Å². The largest absolute Gasteiger partial charge is 0.327 e. The predicted molar refractivity (Wildman–Crippen MR) is 80.7 cm³/mol. The number of rotatable bonds is 4. The fourth-order valence-electron chi connectivity index (χ4n) is 2.09. The zero-order chi connectivity index (χ0) is 13.8. The average molecular weight is 322 g/mol. The molecule has 0 saturated carbocycles. The lowest BCUT2D eigenvalue weighted by Crippen LogP contribution is -2.25. The van der Waals surface area contributed by atoms with E-state index >= 15 is 0 Å². The van der Waals surface area contributed by atoms with Gasteiger partial charge in [0.25, 0.3) is 0 Å². The summed E-state index contributed by atoms with van der Waals surface area (Å²) in [4.78, 5) is 0. The van der Waals surface area contributed by atoms with E-state index in [0.717, 1.165) is 12.0 Å². The molecule has 2 aromatic rings. The van der Waals surface area contributed by atoms with Crippen LogP contribution in [-0.4, -0.2) is 6.04 Å². The van der Waals surface area contributed by atoms with Gasteiger partial charge in [0.05, 0.1) is 4.47 Å². The first-order valence-electron chi connectivity index (χ1n) is 6.30. The Morgan fingerprint density at radius 3 is 2.47 bits per heavy atom. The number of benzene rings is 2. The summed E-state index contributed by atoms with van der Waals surface area (Å²) in [6, 6.07) is 13.4. The first kappa shape index (κ1) is 14.2. The van der Waals surface area contributed by atoms with E-state index in [1.807, 2.05) is 6.07 Å². The molecule has 0 spiro atoms. The van der Waals surface area contributed by atoms with E-state index in [9.17, 15) is 4.39 Å². The van der Waals surface area contributed by atoms with Crippen molar-refractivity contribution in [2.75, 3.05) is 0 Å². The van der Waals surface area contributed by atoms with E-state index < -0.39 is 0 Å². The van der Waals surface area contributed by atoms with Gasteiger partial charge >= 0.3 is 0 Å². The fourth-order valence-corrected chi connectivity index (χ4v) is 2.51. The highest BCUT2D eigenvalue weighted by molar-refractivity contribution is 9.10. The van der Waals surface area contributed by atoms with Crippen LogP contribution in [0.2, 0.25) is 0 Å². The molecule has 0 heterocycles. The van der Waals surface area contributed by atoms with Crippen molar-refractivity contribution in [3.63, 3.8) is 0 Å². The molecule has 1 unspecified atom stereocenters. The second-order valence-corrected chi connectivity index (χ2v) is 5.66. The number of halogens is 2. The molecule has 0 radical (unpaired) electrons. The third kappa shape index (κ3) is 3.88. The molecule has 2 rings (SSSR count). The lowest BCUT2D eigenvalue weighted by Gasteiger charge is -2.13. The average Bonchev–Trinajstić information content (AvgIpc) is 2.38. The van der Waals surface area contributed by atoms with Crippen molar-refractivity contribution < 1.29 is 4.39 Å². The van der Waals surface area contributed by atoms with Crippen LogP contribution in [0.4, 0.5) is 4.39 Å². The summed E-state index contributed by atoms with van der Waals surface area (Å²) >= 11 is 3.27. The summed E-state index contributed by atoms with van der Waals surface area (Å²) in [5, 5.41) is 0. The minimum atomic E-state index is -0.236. The fraction of sp³-hybridized carbons (Fsp3) is 0.250. The van der Waals surface area contributed by atoms with Crippen molar-refractivity contribution in [2.24, 2.45) is 5.73 Å². The first-order valence-corrected chi connectivity index (χ1v) is 7.09. The number of nitrogens with two attached hydrogens (primary N) is 1. The van der Waals surface area contributed by atoms with Crippen LogP contribution in [0, 0.1) is 12.7 Å². The third-order valence-corrected chi connectivity index (χ3v) is 4.02. The number of hydrogen-bond acceptors (Lipinski definition) is 1. The van der Waals surface area contributed by atoms with Gasteiger partial charge in [0.15, 0.2) is 0 Å². The second kappa shape index (κ2) is 6.31. The Morgan fingerprint density at radius 2 is 1.79 bits per heavy atom. The van der Waals surface area contributed by atoms with Crippen molar-refractivity contribution >= 4 is 15.9 Å². The third-order valence-electron chi connectivity index (χ3n) is 3.13. The highest BCUT2D eigenvalue weighted by Gasteiger charge is 2.10. The molecule has 2 aromatic carbocycles. The minimum Gasteiger partial charge on any atom is -0.327 e. The summed E-state index contributed by atoms with van der Waals surface area (Å²) in [6.45, 7) is 2.06. The lowest BCUT2D eigenvalue weighted by molar-refractivity contribution is 0.610. The van der Waals surface area contributed by atoms with E-state index in [4.69, 9.17) is 5.73 Å². The van der Waals surface area contributed by atoms with Gasteiger partial charge in [-0.2, -0.15) is 0 Å². The smallest absolute Gasteiger partial charge is 0.137 e. The van der Waals surface area contributed by atoms with Gasteiger partial charge in [0.1, 0.15) is 5.82 Å². The van der Waals surface area contributed by atoms with Crippen LogP contribution < -0.4 is 5.73 Å². The molecule has 3 heteroatoms. The van der Waals surface area contributed by atoms with E-state index in [-0.39, 0.29) is 11.9 Å². The molecule has 100 valence electrons. The van der Waals surface area contributed by atoms with Gasteiger partial charge in [-0.05, 0) is 52.9 Å². The minimum absolute atomic E-state index is 0.0131. The molecule has 0 fully saturated rings. The topological polar surface area (TPSA) is 26.0 Å². The van der Waals surface area contributed by atoms with Crippen LogP contribution in [0.15, 0.2) is 46.9 Å². The number of aryl methyl sites for hydroxylation is 1. The zero-order valence-electron chi connectivity index (χ0n) is 10.9. The maximum absolute atomic E-state index is 13.4. The normalized spacial score (nSPS) is 12.4. The van der Waals surface area contributed by atoms with Gasteiger partial charge in [-0.25, -0.2) is 4.39 Å². The Labute approximate surface area is 121 Å². The van der Waals surface area contributed by atoms with Crippen LogP contribution in [-0.2, 0) is 12.8 Å². The summed E-state index contributed by atoms with van der Waals surface area (Å²) in [5.41, 5.74) is 9.52. The van der Waals surface area contributed by atoms with Crippen molar-refractivity contribution in [1.82, 2.24) is 0 Å². The molecule has 0 aromatic heterocycles. The van der Waals surface area contributed by atoms with E-state index in [1.165, 1.54) is 17.2 Å². The Hall–Kier alpha value is -1.19. The molecule has 1 nitrogen and oxygen atoms in total. The van der Waals surface area contributed by atoms with Crippen LogP contribution in [0.5, 0.6) is 0 Å². The van der Waals surface area contributed by atoms with Gasteiger partial charge in [-0.1, -0.05) is 42.0 Å². The Kier molecular flexibility index (Phi) is 4.72. The van der Waals surface area contributed by atoms with Crippen molar-refractivity contribution in [2.45, 2.75) is 25.8 Å². The summed E-state index contributed by atoms with van der Waals surface area (Å²) in [5.74, 6) is -0.236. The van der Waals surface area contributed by atoms with Gasteiger partial charge in [0, 0.05) is 6.04 Å². The summed E-state index contributed by atoms with van der Waals surface area (Å²) in [7, 11) is 0. The molecular formula is C16H17BrFN. The second-order valence-electron chi connectivity index (χ2n) is 4.87. The molecule has 0 aliphatic rings. The molecular weight excluding hydrogens is 305 g/mol. The van der Waals surface area contributed by atoms with Gasteiger partial charge in [-0.15, -0.1) is 0 Å².